The lowest BCUT2D eigenvalue weighted by molar-refractivity contribution is 0.670. The van der Waals surface area contributed by atoms with Crippen molar-refractivity contribution in [2.45, 2.75) is 33.9 Å². The summed E-state index contributed by atoms with van der Waals surface area (Å²) in [6.07, 6.45) is 2.17. The highest BCUT2D eigenvalue weighted by molar-refractivity contribution is 7.17. The van der Waals surface area contributed by atoms with Crippen molar-refractivity contribution >= 4 is 16.3 Å². The number of aryl methyl sites for hydroxylation is 3. The molecule has 0 spiro atoms. The lowest BCUT2D eigenvalue weighted by Gasteiger charge is -2.07. The van der Waals surface area contributed by atoms with Crippen LogP contribution in [-0.2, 0) is 13.1 Å². The van der Waals surface area contributed by atoms with Crippen LogP contribution in [0, 0.1) is 20.8 Å². The first-order valence-electron chi connectivity index (χ1n) is 6.84. The summed E-state index contributed by atoms with van der Waals surface area (Å²) in [5.74, 6) is 0. The zero-order valence-electron chi connectivity index (χ0n) is 12.1. The van der Waals surface area contributed by atoms with Gasteiger partial charge in [-0.3, -0.25) is 4.40 Å². The van der Waals surface area contributed by atoms with Crippen LogP contribution < -0.4 is 5.32 Å². The molecule has 104 valence electrons. The molecule has 0 amide bonds. The molecule has 0 aliphatic rings. The summed E-state index contributed by atoms with van der Waals surface area (Å²) in [6, 6.07) is 8.50. The van der Waals surface area contributed by atoms with Gasteiger partial charge >= 0.3 is 0 Å². The van der Waals surface area contributed by atoms with E-state index in [1.165, 1.54) is 21.7 Å². The molecule has 0 fully saturated rings. The molecule has 0 aliphatic heterocycles. The van der Waals surface area contributed by atoms with Crippen LogP contribution >= 0.6 is 11.3 Å². The van der Waals surface area contributed by atoms with Gasteiger partial charge in [0.25, 0.3) is 0 Å². The van der Waals surface area contributed by atoms with Gasteiger partial charge in [0.15, 0.2) is 4.96 Å². The number of thiazole rings is 1. The summed E-state index contributed by atoms with van der Waals surface area (Å²) in [4.78, 5) is 7.01. The Bertz CT molecular complexity index is 739. The third-order valence-electron chi connectivity index (χ3n) is 3.61. The molecule has 1 N–H and O–H groups in total. The number of nitrogens with zero attached hydrogens (tertiary/aromatic N) is 2. The Balaban J connectivity index is 1.74. The molecular formula is C16H19N3S. The maximum absolute atomic E-state index is 4.62. The Labute approximate surface area is 123 Å². The van der Waals surface area contributed by atoms with Crippen molar-refractivity contribution in [3.05, 3.63) is 57.9 Å². The van der Waals surface area contributed by atoms with Gasteiger partial charge in [0.05, 0.1) is 11.4 Å². The van der Waals surface area contributed by atoms with Crippen LogP contribution in [-0.4, -0.2) is 9.38 Å². The monoisotopic (exact) mass is 285 g/mol. The first kappa shape index (κ1) is 13.3. The van der Waals surface area contributed by atoms with Gasteiger partial charge in [-0.25, -0.2) is 4.98 Å². The minimum Gasteiger partial charge on any atom is -0.307 e. The molecule has 3 rings (SSSR count). The molecule has 3 nitrogen and oxygen atoms in total. The van der Waals surface area contributed by atoms with Gasteiger partial charge in [-0.05, 0) is 31.9 Å². The van der Waals surface area contributed by atoms with E-state index in [2.05, 4.69) is 65.9 Å². The standard InChI is InChI=1S/C16H19N3S/c1-11-6-4-5-7-14(11)8-17-9-15-13(3)18-16-19(15)10-12(2)20-16/h4-7,10,17H,8-9H2,1-3H3. The molecule has 0 radical (unpaired) electrons. The first-order chi connectivity index (χ1) is 9.65. The second kappa shape index (κ2) is 5.38. The molecule has 0 saturated carbocycles. The molecule has 0 unspecified atom stereocenters. The van der Waals surface area contributed by atoms with Crippen molar-refractivity contribution in [3.8, 4) is 0 Å². The van der Waals surface area contributed by atoms with Gasteiger partial charge in [-0.1, -0.05) is 24.3 Å². The summed E-state index contributed by atoms with van der Waals surface area (Å²) in [6.45, 7) is 8.10. The number of aromatic nitrogens is 2. The number of nitrogens with one attached hydrogen (secondary N) is 1. The van der Waals surface area contributed by atoms with Crippen LogP contribution in [0.4, 0.5) is 0 Å². The lowest BCUT2D eigenvalue weighted by atomic mass is 10.1. The third kappa shape index (κ3) is 2.49. The van der Waals surface area contributed by atoms with Crippen molar-refractivity contribution in [2.75, 3.05) is 0 Å². The molecule has 3 aromatic rings. The first-order valence-corrected chi connectivity index (χ1v) is 7.66. The predicted molar refractivity (Wildman–Crippen MR) is 84.3 cm³/mol. The van der Waals surface area contributed by atoms with Crippen molar-refractivity contribution in [2.24, 2.45) is 0 Å². The Morgan fingerprint density at radius 3 is 2.75 bits per heavy atom. The summed E-state index contributed by atoms with van der Waals surface area (Å²) in [5, 5.41) is 3.53. The predicted octanol–water partition coefficient (Wildman–Crippen LogP) is 3.61. The largest absolute Gasteiger partial charge is 0.307 e. The van der Waals surface area contributed by atoms with Gasteiger partial charge in [0.2, 0.25) is 0 Å². The second-order valence-corrected chi connectivity index (χ2v) is 6.38. The van der Waals surface area contributed by atoms with Crippen molar-refractivity contribution in [1.29, 1.82) is 0 Å². The van der Waals surface area contributed by atoms with Crippen LogP contribution in [0.15, 0.2) is 30.5 Å². The highest BCUT2D eigenvalue weighted by Gasteiger charge is 2.10. The summed E-state index contributed by atoms with van der Waals surface area (Å²) < 4.78 is 2.21. The van der Waals surface area contributed by atoms with E-state index in [1.807, 2.05) is 0 Å². The van der Waals surface area contributed by atoms with E-state index in [-0.39, 0.29) is 0 Å². The average molecular weight is 285 g/mol. The van der Waals surface area contributed by atoms with Gasteiger partial charge in [-0.15, -0.1) is 11.3 Å². The number of hydrogen-bond donors (Lipinski definition) is 1. The van der Waals surface area contributed by atoms with Gasteiger partial charge < -0.3 is 5.32 Å². The molecule has 2 heterocycles. The van der Waals surface area contributed by atoms with Gasteiger partial charge in [-0.2, -0.15) is 0 Å². The fourth-order valence-corrected chi connectivity index (χ4v) is 3.34. The van der Waals surface area contributed by atoms with Crippen LogP contribution in [0.3, 0.4) is 0 Å². The van der Waals surface area contributed by atoms with Crippen LogP contribution in [0.1, 0.15) is 27.4 Å². The fraction of sp³-hybridized carbons (Fsp3) is 0.312. The minimum absolute atomic E-state index is 0.845. The minimum atomic E-state index is 0.845. The molecule has 0 aliphatic carbocycles. The average Bonchev–Trinajstić information content (AvgIpc) is 2.89. The molecule has 0 saturated heterocycles. The number of benzene rings is 1. The topological polar surface area (TPSA) is 29.3 Å². The number of hydrogen-bond acceptors (Lipinski definition) is 3. The van der Waals surface area contributed by atoms with E-state index in [4.69, 9.17) is 0 Å². The summed E-state index contributed by atoms with van der Waals surface area (Å²) in [5.41, 5.74) is 5.07. The molecule has 2 aromatic heterocycles. The van der Waals surface area contributed by atoms with E-state index in [0.717, 1.165) is 23.7 Å². The lowest BCUT2D eigenvalue weighted by Crippen LogP contribution is -2.15. The maximum Gasteiger partial charge on any atom is 0.194 e. The molecule has 1 aromatic carbocycles. The highest BCUT2D eigenvalue weighted by Crippen LogP contribution is 2.20. The van der Waals surface area contributed by atoms with Crippen LogP contribution in [0.2, 0.25) is 0 Å². The molecule has 0 atom stereocenters. The number of imidazole rings is 1. The zero-order chi connectivity index (χ0) is 14.1. The highest BCUT2D eigenvalue weighted by atomic mass is 32.1. The third-order valence-corrected chi connectivity index (χ3v) is 4.51. The van der Waals surface area contributed by atoms with E-state index < -0.39 is 0 Å². The number of rotatable bonds is 4. The van der Waals surface area contributed by atoms with Crippen LogP contribution in [0.5, 0.6) is 0 Å². The Hall–Kier alpha value is -1.65. The maximum atomic E-state index is 4.62. The fourth-order valence-electron chi connectivity index (χ4n) is 2.45. The van der Waals surface area contributed by atoms with Crippen LogP contribution in [0.25, 0.3) is 4.96 Å². The van der Waals surface area contributed by atoms with E-state index in [9.17, 15) is 0 Å². The molecule has 20 heavy (non-hydrogen) atoms. The van der Waals surface area contributed by atoms with Crippen molar-refractivity contribution < 1.29 is 0 Å². The summed E-state index contributed by atoms with van der Waals surface area (Å²) >= 11 is 1.74. The van der Waals surface area contributed by atoms with E-state index in [0.29, 0.717) is 0 Å². The molecule has 4 heteroatoms. The Morgan fingerprint density at radius 1 is 1.15 bits per heavy atom. The van der Waals surface area contributed by atoms with E-state index >= 15 is 0 Å². The zero-order valence-corrected chi connectivity index (χ0v) is 12.9. The molecule has 0 bridgehead atoms. The Kier molecular flexibility index (Phi) is 3.59. The summed E-state index contributed by atoms with van der Waals surface area (Å²) in [7, 11) is 0. The van der Waals surface area contributed by atoms with E-state index in [1.54, 1.807) is 11.3 Å². The second-order valence-electron chi connectivity index (χ2n) is 5.17. The quantitative estimate of drug-likeness (QED) is 0.793. The number of fused-ring (bicyclic) bond motifs is 1. The van der Waals surface area contributed by atoms with Gasteiger partial charge in [0.1, 0.15) is 0 Å². The van der Waals surface area contributed by atoms with Crippen molar-refractivity contribution in [1.82, 2.24) is 14.7 Å². The van der Waals surface area contributed by atoms with Crippen molar-refractivity contribution in [3.63, 3.8) is 0 Å². The molecular weight excluding hydrogens is 266 g/mol. The normalized spacial score (nSPS) is 11.3. The smallest absolute Gasteiger partial charge is 0.194 e. The Morgan fingerprint density at radius 2 is 1.95 bits per heavy atom. The SMILES string of the molecule is Cc1cn2c(CNCc3ccccc3C)c(C)nc2s1. The van der Waals surface area contributed by atoms with Gasteiger partial charge in [0, 0.05) is 24.2 Å².